The fourth-order valence-electron chi connectivity index (χ4n) is 0.787. The fraction of sp³-hybridized carbons (Fsp3) is 0.222. The van der Waals surface area contributed by atoms with Crippen LogP contribution in [0.15, 0.2) is 30.7 Å². The molecule has 0 radical (unpaired) electrons. The van der Waals surface area contributed by atoms with Crippen molar-refractivity contribution in [2.45, 2.75) is 13.1 Å². The second-order valence-electron chi connectivity index (χ2n) is 2.69. The first-order valence-corrected chi connectivity index (χ1v) is 3.76. The van der Waals surface area contributed by atoms with E-state index in [-0.39, 0.29) is 5.88 Å². The van der Waals surface area contributed by atoms with E-state index < -0.39 is 11.7 Å². The Labute approximate surface area is 79.0 Å². The standard InChI is InChI=1S/C9H8F3NO/c1-6(2)14-8-4-3-7(5-13-8)9(10,11)12/h3-5H,1H2,2H3. The van der Waals surface area contributed by atoms with E-state index in [1.165, 1.54) is 0 Å². The number of aromatic nitrogens is 1. The zero-order valence-electron chi connectivity index (χ0n) is 7.43. The molecule has 0 unspecified atom stereocenters. The number of nitrogens with zero attached hydrogens (tertiary/aromatic N) is 1. The fourth-order valence-corrected chi connectivity index (χ4v) is 0.787. The monoisotopic (exact) mass is 203 g/mol. The minimum absolute atomic E-state index is 0.102. The molecule has 14 heavy (non-hydrogen) atoms. The van der Waals surface area contributed by atoms with Crippen molar-refractivity contribution in [3.8, 4) is 5.88 Å². The van der Waals surface area contributed by atoms with Gasteiger partial charge in [-0.1, -0.05) is 6.58 Å². The van der Waals surface area contributed by atoms with E-state index in [0.29, 0.717) is 5.76 Å². The van der Waals surface area contributed by atoms with Crippen molar-refractivity contribution in [1.82, 2.24) is 4.98 Å². The highest BCUT2D eigenvalue weighted by molar-refractivity contribution is 5.21. The van der Waals surface area contributed by atoms with Crippen molar-refractivity contribution in [3.05, 3.63) is 36.2 Å². The first kappa shape index (κ1) is 10.6. The molecular formula is C9H8F3NO. The average Bonchev–Trinajstić information content (AvgIpc) is 2.02. The molecule has 0 spiro atoms. The molecule has 0 aliphatic heterocycles. The second-order valence-corrected chi connectivity index (χ2v) is 2.69. The van der Waals surface area contributed by atoms with Gasteiger partial charge in [-0.05, 0) is 13.0 Å². The van der Waals surface area contributed by atoms with Gasteiger partial charge in [-0.25, -0.2) is 4.98 Å². The molecular weight excluding hydrogens is 195 g/mol. The van der Waals surface area contributed by atoms with E-state index in [4.69, 9.17) is 4.74 Å². The highest BCUT2D eigenvalue weighted by Crippen LogP contribution is 2.29. The van der Waals surface area contributed by atoms with E-state index in [0.717, 1.165) is 18.3 Å². The van der Waals surface area contributed by atoms with Gasteiger partial charge in [-0.3, -0.25) is 0 Å². The third-order valence-electron chi connectivity index (χ3n) is 1.34. The first-order valence-electron chi connectivity index (χ1n) is 3.76. The van der Waals surface area contributed by atoms with Crippen LogP contribution in [0, 0.1) is 0 Å². The molecule has 0 fully saturated rings. The van der Waals surface area contributed by atoms with Crippen LogP contribution >= 0.6 is 0 Å². The Balaban J connectivity index is 2.84. The molecule has 0 aromatic carbocycles. The third kappa shape index (κ3) is 2.76. The summed E-state index contributed by atoms with van der Waals surface area (Å²) in [5, 5.41) is 0. The summed E-state index contributed by atoms with van der Waals surface area (Å²) in [7, 11) is 0. The maximum absolute atomic E-state index is 12.1. The lowest BCUT2D eigenvalue weighted by molar-refractivity contribution is -0.137. The zero-order valence-corrected chi connectivity index (χ0v) is 7.43. The van der Waals surface area contributed by atoms with E-state index in [1.807, 2.05) is 0 Å². The summed E-state index contributed by atoms with van der Waals surface area (Å²) < 4.78 is 41.2. The highest BCUT2D eigenvalue weighted by atomic mass is 19.4. The van der Waals surface area contributed by atoms with Crippen LogP contribution in [-0.4, -0.2) is 4.98 Å². The summed E-state index contributed by atoms with van der Waals surface area (Å²) in [5.74, 6) is 0.475. The topological polar surface area (TPSA) is 22.1 Å². The summed E-state index contributed by atoms with van der Waals surface area (Å²) in [6, 6.07) is 2.06. The summed E-state index contributed by atoms with van der Waals surface area (Å²) >= 11 is 0. The number of pyridine rings is 1. The molecule has 0 amide bonds. The van der Waals surface area contributed by atoms with Crippen LogP contribution < -0.4 is 4.74 Å². The molecule has 0 N–H and O–H groups in total. The third-order valence-corrected chi connectivity index (χ3v) is 1.34. The molecule has 1 aromatic heterocycles. The van der Waals surface area contributed by atoms with E-state index in [2.05, 4.69) is 11.6 Å². The van der Waals surface area contributed by atoms with Crippen LogP contribution in [0.2, 0.25) is 0 Å². The van der Waals surface area contributed by atoms with Gasteiger partial charge >= 0.3 is 6.18 Å². The van der Waals surface area contributed by atoms with Gasteiger partial charge in [0.2, 0.25) is 5.88 Å². The Morgan fingerprint density at radius 3 is 2.43 bits per heavy atom. The minimum atomic E-state index is -4.37. The van der Waals surface area contributed by atoms with Crippen molar-refractivity contribution in [2.75, 3.05) is 0 Å². The predicted molar refractivity (Wildman–Crippen MR) is 44.7 cm³/mol. The van der Waals surface area contributed by atoms with Crippen molar-refractivity contribution in [2.24, 2.45) is 0 Å². The Bertz CT molecular complexity index is 329. The maximum Gasteiger partial charge on any atom is 0.417 e. The second kappa shape index (κ2) is 3.69. The predicted octanol–water partition coefficient (Wildman–Crippen LogP) is 3.01. The van der Waals surface area contributed by atoms with Gasteiger partial charge in [0.05, 0.1) is 11.3 Å². The van der Waals surface area contributed by atoms with Gasteiger partial charge in [0.25, 0.3) is 0 Å². The van der Waals surface area contributed by atoms with Crippen molar-refractivity contribution < 1.29 is 17.9 Å². The van der Waals surface area contributed by atoms with Crippen LogP contribution in [0.25, 0.3) is 0 Å². The normalized spacial score (nSPS) is 11.1. The van der Waals surface area contributed by atoms with Crippen LogP contribution in [-0.2, 0) is 6.18 Å². The average molecular weight is 203 g/mol. The smallest absolute Gasteiger partial charge is 0.417 e. The van der Waals surface area contributed by atoms with Crippen LogP contribution in [0.3, 0.4) is 0 Å². The van der Waals surface area contributed by atoms with Crippen molar-refractivity contribution in [1.29, 1.82) is 0 Å². The largest absolute Gasteiger partial charge is 0.444 e. The quantitative estimate of drug-likeness (QED) is 0.689. The Morgan fingerprint density at radius 1 is 1.43 bits per heavy atom. The van der Waals surface area contributed by atoms with Gasteiger partial charge in [0, 0.05) is 12.3 Å². The molecule has 0 aliphatic carbocycles. The van der Waals surface area contributed by atoms with Gasteiger partial charge in [0.15, 0.2) is 0 Å². The maximum atomic E-state index is 12.1. The summed E-state index contributed by atoms with van der Waals surface area (Å²) in [6.45, 7) is 5.02. The first-order chi connectivity index (χ1) is 6.39. The molecule has 1 aromatic rings. The van der Waals surface area contributed by atoms with Crippen molar-refractivity contribution in [3.63, 3.8) is 0 Å². The van der Waals surface area contributed by atoms with Gasteiger partial charge in [-0.15, -0.1) is 0 Å². The van der Waals surface area contributed by atoms with Crippen LogP contribution in [0.5, 0.6) is 5.88 Å². The Morgan fingerprint density at radius 2 is 2.07 bits per heavy atom. The summed E-state index contributed by atoms with van der Waals surface area (Å²) in [5.41, 5.74) is -0.799. The summed E-state index contributed by atoms with van der Waals surface area (Å²) in [4.78, 5) is 3.48. The molecule has 0 atom stereocenters. The number of hydrogen-bond donors (Lipinski definition) is 0. The molecule has 0 aliphatic rings. The van der Waals surface area contributed by atoms with Crippen molar-refractivity contribution >= 4 is 0 Å². The van der Waals surface area contributed by atoms with E-state index >= 15 is 0 Å². The summed E-state index contributed by atoms with van der Waals surface area (Å²) in [6.07, 6.45) is -3.65. The lowest BCUT2D eigenvalue weighted by atomic mass is 10.3. The van der Waals surface area contributed by atoms with Crippen LogP contribution in [0.4, 0.5) is 13.2 Å². The molecule has 1 rings (SSSR count). The zero-order chi connectivity index (χ0) is 10.8. The lowest BCUT2D eigenvalue weighted by Gasteiger charge is -2.07. The van der Waals surface area contributed by atoms with E-state index in [9.17, 15) is 13.2 Å². The number of hydrogen-bond acceptors (Lipinski definition) is 2. The minimum Gasteiger partial charge on any atom is -0.444 e. The molecule has 0 bridgehead atoms. The molecule has 2 nitrogen and oxygen atoms in total. The number of ether oxygens (including phenoxy) is 1. The number of alkyl halides is 3. The van der Waals surface area contributed by atoms with E-state index in [1.54, 1.807) is 6.92 Å². The molecule has 5 heteroatoms. The van der Waals surface area contributed by atoms with Gasteiger partial charge in [-0.2, -0.15) is 13.2 Å². The molecule has 76 valence electrons. The lowest BCUT2D eigenvalue weighted by Crippen LogP contribution is -2.05. The van der Waals surface area contributed by atoms with Gasteiger partial charge < -0.3 is 4.74 Å². The molecule has 1 heterocycles. The molecule has 0 saturated heterocycles. The Kier molecular flexibility index (Phi) is 2.78. The van der Waals surface area contributed by atoms with Crippen LogP contribution in [0.1, 0.15) is 12.5 Å². The SMILES string of the molecule is C=C(C)Oc1ccc(C(F)(F)F)cn1. The molecule has 0 saturated carbocycles. The number of halogens is 3. The van der Waals surface area contributed by atoms with Gasteiger partial charge in [0.1, 0.15) is 0 Å². The highest BCUT2D eigenvalue weighted by Gasteiger charge is 2.30. The number of allylic oxidation sites excluding steroid dienone is 1. The Hall–Kier alpha value is -1.52. The number of rotatable bonds is 2.